The zero-order valence-corrected chi connectivity index (χ0v) is 17.8. The first-order valence-electron chi connectivity index (χ1n) is 9.40. The summed E-state index contributed by atoms with van der Waals surface area (Å²) in [6.45, 7) is 4.01. The molecule has 1 amide bonds. The van der Waals surface area contributed by atoms with Crippen molar-refractivity contribution in [3.63, 3.8) is 0 Å². The van der Waals surface area contributed by atoms with Crippen LogP contribution in [0.3, 0.4) is 0 Å². The molecule has 3 aromatic rings. The first-order valence-corrected chi connectivity index (χ1v) is 10.4. The van der Waals surface area contributed by atoms with Crippen molar-refractivity contribution in [1.29, 1.82) is 0 Å². The molecular formula is C21H24N4O3S. The van der Waals surface area contributed by atoms with Gasteiger partial charge in [0.05, 0.1) is 11.1 Å². The van der Waals surface area contributed by atoms with Crippen LogP contribution in [0.25, 0.3) is 11.0 Å². The predicted molar refractivity (Wildman–Crippen MR) is 117 cm³/mol. The number of fused-ring (bicyclic) bond motifs is 1. The molecule has 0 saturated heterocycles. The summed E-state index contributed by atoms with van der Waals surface area (Å²) in [4.78, 5) is 42.7. The average Bonchev–Trinajstić information content (AvgIpc) is 2.69. The molecule has 7 nitrogen and oxygen atoms in total. The third-order valence-corrected chi connectivity index (χ3v) is 5.83. The molecule has 1 N–H and O–H groups in total. The topological polar surface area (TPSA) is 86.0 Å². The van der Waals surface area contributed by atoms with E-state index in [-0.39, 0.29) is 11.7 Å². The van der Waals surface area contributed by atoms with Crippen LogP contribution < -0.4 is 16.6 Å². The van der Waals surface area contributed by atoms with Crippen LogP contribution in [0.4, 0.5) is 5.69 Å². The Hall–Kier alpha value is -2.87. The predicted octanol–water partition coefficient (Wildman–Crippen LogP) is 2.62. The van der Waals surface area contributed by atoms with E-state index in [1.807, 2.05) is 38.1 Å². The summed E-state index contributed by atoms with van der Waals surface area (Å²) in [7, 11) is 3.05. The molecule has 0 atom stereocenters. The van der Waals surface area contributed by atoms with Gasteiger partial charge in [-0.15, -0.1) is 11.8 Å². The average molecular weight is 413 g/mol. The molecule has 0 spiro atoms. The highest BCUT2D eigenvalue weighted by Gasteiger charge is 2.18. The number of carbonyl (C=O) groups is 1. The quantitative estimate of drug-likeness (QED) is 0.629. The normalized spacial score (nSPS) is 11.0. The van der Waals surface area contributed by atoms with Crippen LogP contribution >= 0.6 is 11.8 Å². The molecule has 0 aliphatic heterocycles. The Labute approximate surface area is 172 Å². The number of aromatic nitrogens is 3. The van der Waals surface area contributed by atoms with Gasteiger partial charge in [0, 0.05) is 30.9 Å². The Kier molecular flexibility index (Phi) is 6.22. The number of nitrogens with zero attached hydrogens (tertiary/aromatic N) is 3. The van der Waals surface area contributed by atoms with Crippen molar-refractivity contribution in [2.45, 2.75) is 31.6 Å². The lowest BCUT2D eigenvalue weighted by atomic mass is 10.1. The van der Waals surface area contributed by atoms with Crippen LogP contribution in [0.1, 0.15) is 24.5 Å². The van der Waals surface area contributed by atoms with Gasteiger partial charge >= 0.3 is 5.69 Å². The number of carbonyl (C=O) groups excluding carboxylic acids is 1. The van der Waals surface area contributed by atoms with Gasteiger partial charge in [-0.2, -0.15) is 0 Å². The van der Waals surface area contributed by atoms with Crippen molar-refractivity contribution in [3.05, 3.63) is 62.4 Å². The van der Waals surface area contributed by atoms with E-state index in [1.165, 1.54) is 23.4 Å². The van der Waals surface area contributed by atoms with Crippen LogP contribution in [-0.2, 0) is 25.3 Å². The zero-order chi connectivity index (χ0) is 21.1. The maximum atomic E-state index is 12.8. The molecule has 3 rings (SSSR count). The molecule has 8 heteroatoms. The molecule has 0 aliphatic carbocycles. The SMILES string of the molecule is CCCc1cnc2c(c1SCC(=O)Nc1cccc(C)c1)c(=O)n(C)c(=O)n2C. The van der Waals surface area contributed by atoms with E-state index in [0.29, 0.717) is 15.9 Å². The Morgan fingerprint density at radius 1 is 1.21 bits per heavy atom. The second-order valence-corrected chi connectivity index (χ2v) is 7.96. The number of amides is 1. The van der Waals surface area contributed by atoms with E-state index in [1.54, 1.807) is 13.2 Å². The molecule has 0 fully saturated rings. The Morgan fingerprint density at radius 2 is 1.97 bits per heavy atom. The second-order valence-electron chi connectivity index (χ2n) is 6.97. The summed E-state index contributed by atoms with van der Waals surface area (Å²) in [5.41, 5.74) is 2.22. The number of nitrogens with one attached hydrogen (secondary N) is 1. The van der Waals surface area contributed by atoms with Crippen molar-refractivity contribution >= 4 is 34.4 Å². The zero-order valence-electron chi connectivity index (χ0n) is 17.0. The Morgan fingerprint density at radius 3 is 2.66 bits per heavy atom. The second kappa shape index (κ2) is 8.65. The van der Waals surface area contributed by atoms with Crippen molar-refractivity contribution in [2.24, 2.45) is 14.1 Å². The molecule has 1 aromatic carbocycles. The number of pyridine rings is 1. The third kappa shape index (κ3) is 4.27. The fourth-order valence-corrected chi connectivity index (χ4v) is 4.22. The fourth-order valence-electron chi connectivity index (χ4n) is 3.21. The van der Waals surface area contributed by atoms with Gasteiger partial charge in [-0.05, 0) is 36.6 Å². The van der Waals surface area contributed by atoms with Gasteiger partial charge in [-0.25, -0.2) is 9.78 Å². The van der Waals surface area contributed by atoms with Crippen LogP contribution in [0, 0.1) is 6.92 Å². The van der Waals surface area contributed by atoms with Gasteiger partial charge in [0.2, 0.25) is 5.91 Å². The lowest BCUT2D eigenvalue weighted by molar-refractivity contribution is -0.113. The molecule has 0 radical (unpaired) electrons. The summed E-state index contributed by atoms with van der Waals surface area (Å²) in [5.74, 6) is -0.00915. The molecule has 0 unspecified atom stereocenters. The summed E-state index contributed by atoms with van der Waals surface area (Å²) >= 11 is 1.30. The molecule has 152 valence electrons. The van der Waals surface area contributed by atoms with Crippen LogP contribution in [-0.4, -0.2) is 25.8 Å². The number of hydrogen-bond donors (Lipinski definition) is 1. The first kappa shape index (κ1) is 20.9. The van der Waals surface area contributed by atoms with Crippen molar-refractivity contribution in [3.8, 4) is 0 Å². The standard InChI is InChI=1S/C21H24N4O3S/c1-5-7-14-11-22-19-17(20(27)25(4)21(28)24(19)3)18(14)29-12-16(26)23-15-9-6-8-13(2)10-15/h6,8-11H,5,7,12H2,1-4H3,(H,23,26). The van der Waals surface area contributed by atoms with Crippen LogP contribution in [0.5, 0.6) is 0 Å². The highest BCUT2D eigenvalue weighted by Crippen LogP contribution is 2.29. The summed E-state index contributed by atoms with van der Waals surface area (Å²) in [6.07, 6.45) is 3.31. The van der Waals surface area contributed by atoms with E-state index in [4.69, 9.17) is 0 Å². The van der Waals surface area contributed by atoms with Gasteiger partial charge in [0.25, 0.3) is 5.56 Å². The monoisotopic (exact) mass is 412 g/mol. The summed E-state index contributed by atoms with van der Waals surface area (Å²) in [5, 5.41) is 3.27. The number of anilines is 1. The first-order chi connectivity index (χ1) is 13.8. The maximum Gasteiger partial charge on any atom is 0.332 e. The molecule has 2 aromatic heterocycles. The minimum Gasteiger partial charge on any atom is -0.325 e. The molecule has 0 saturated carbocycles. The highest BCUT2D eigenvalue weighted by molar-refractivity contribution is 8.00. The van der Waals surface area contributed by atoms with E-state index in [0.717, 1.165) is 34.2 Å². The van der Waals surface area contributed by atoms with Crippen molar-refractivity contribution in [2.75, 3.05) is 11.1 Å². The number of benzene rings is 1. The summed E-state index contributed by atoms with van der Waals surface area (Å²) < 4.78 is 2.44. The van der Waals surface area contributed by atoms with Gasteiger partial charge in [-0.1, -0.05) is 25.5 Å². The van der Waals surface area contributed by atoms with E-state index in [2.05, 4.69) is 10.3 Å². The molecule has 29 heavy (non-hydrogen) atoms. The number of thioether (sulfide) groups is 1. The molecular weight excluding hydrogens is 388 g/mol. The van der Waals surface area contributed by atoms with Crippen LogP contribution in [0.2, 0.25) is 0 Å². The third-order valence-electron chi connectivity index (χ3n) is 4.66. The number of hydrogen-bond acceptors (Lipinski definition) is 5. The number of aryl methyl sites for hydroxylation is 3. The lowest BCUT2D eigenvalue weighted by Crippen LogP contribution is -2.37. The largest absolute Gasteiger partial charge is 0.332 e. The fraction of sp³-hybridized carbons (Fsp3) is 0.333. The van der Waals surface area contributed by atoms with Gasteiger partial charge in [-0.3, -0.25) is 18.7 Å². The minimum atomic E-state index is -0.425. The summed E-state index contributed by atoms with van der Waals surface area (Å²) in [6, 6.07) is 7.59. The molecule has 0 bridgehead atoms. The highest BCUT2D eigenvalue weighted by atomic mass is 32.2. The molecule has 2 heterocycles. The van der Waals surface area contributed by atoms with Gasteiger partial charge in [0.15, 0.2) is 0 Å². The van der Waals surface area contributed by atoms with Crippen molar-refractivity contribution < 1.29 is 4.79 Å². The lowest BCUT2D eigenvalue weighted by Gasteiger charge is -2.14. The van der Waals surface area contributed by atoms with E-state index in [9.17, 15) is 14.4 Å². The van der Waals surface area contributed by atoms with E-state index >= 15 is 0 Å². The Balaban J connectivity index is 1.98. The maximum absolute atomic E-state index is 12.8. The van der Waals surface area contributed by atoms with Crippen LogP contribution in [0.15, 0.2) is 44.9 Å². The number of rotatable bonds is 6. The molecule has 0 aliphatic rings. The van der Waals surface area contributed by atoms with Crippen molar-refractivity contribution in [1.82, 2.24) is 14.1 Å². The smallest absolute Gasteiger partial charge is 0.325 e. The van der Waals surface area contributed by atoms with Gasteiger partial charge in [0.1, 0.15) is 5.65 Å². The minimum absolute atomic E-state index is 0.149. The van der Waals surface area contributed by atoms with E-state index < -0.39 is 11.2 Å². The van der Waals surface area contributed by atoms with Gasteiger partial charge < -0.3 is 5.32 Å². The Bertz CT molecular complexity index is 1200.